The Balaban J connectivity index is 1.48. The average molecular weight is 349 g/mol. The van der Waals surface area contributed by atoms with Crippen molar-refractivity contribution in [3.63, 3.8) is 0 Å². The topological polar surface area (TPSA) is 46.9 Å². The number of halogens is 1. The molecule has 2 aromatic carbocycles. The molecule has 0 atom stereocenters. The fraction of sp³-hybridized carbons (Fsp3) is 0.238. The molecule has 0 unspecified atom stereocenters. The standard InChI is InChI=1S/C21H20FN3O/c22-17-10-6-15(7-11-17)12-13-23-21(26)20-14-19(16-8-9-16)24-25(20)18-4-2-1-3-5-18/h1-7,10-11,14,16H,8-9,12-13H2,(H,23,26). The van der Waals surface area contributed by atoms with Crippen molar-refractivity contribution in [1.82, 2.24) is 15.1 Å². The van der Waals surface area contributed by atoms with Crippen LogP contribution in [0.4, 0.5) is 4.39 Å². The molecule has 1 aliphatic carbocycles. The van der Waals surface area contributed by atoms with Crippen LogP contribution in [0.15, 0.2) is 60.7 Å². The Morgan fingerprint density at radius 2 is 1.85 bits per heavy atom. The van der Waals surface area contributed by atoms with E-state index in [4.69, 9.17) is 0 Å². The third-order valence-electron chi connectivity index (χ3n) is 4.57. The summed E-state index contributed by atoms with van der Waals surface area (Å²) in [5, 5.41) is 7.60. The molecule has 26 heavy (non-hydrogen) atoms. The van der Waals surface area contributed by atoms with Crippen molar-refractivity contribution in [2.75, 3.05) is 6.54 Å². The monoisotopic (exact) mass is 349 g/mol. The molecule has 4 rings (SSSR count). The van der Waals surface area contributed by atoms with E-state index in [1.807, 2.05) is 36.4 Å². The number of benzene rings is 2. The molecule has 3 aromatic rings. The quantitative estimate of drug-likeness (QED) is 0.734. The van der Waals surface area contributed by atoms with E-state index in [0.29, 0.717) is 24.6 Å². The molecule has 0 radical (unpaired) electrons. The van der Waals surface area contributed by atoms with Crippen LogP contribution < -0.4 is 5.32 Å². The molecule has 1 fully saturated rings. The molecule has 132 valence electrons. The maximum Gasteiger partial charge on any atom is 0.270 e. The highest BCUT2D eigenvalue weighted by molar-refractivity contribution is 5.93. The molecule has 4 nitrogen and oxygen atoms in total. The second kappa shape index (κ2) is 7.12. The lowest BCUT2D eigenvalue weighted by molar-refractivity contribution is 0.0946. The second-order valence-electron chi connectivity index (χ2n) is 6.61. The fourth-order valence-electron chi connectivity index (χ4n) is 2.97. The lowest BCUT2D eigenvalue weighted by atomic mass is 10.1. The molecule has 0 bridgehead atoms. The third-order valence-corrected chi connectivity index (χ3v) is 4.57. The van der Waals surface area contributed by atoms with E-state index < -0.39 is 0 Å². The van der Waals surface area contributed by atoms with Gasteiger partial charge in [-0.2, -0.15) is 5.10 Å². The van der Waals surface area contributed by atoms with Gasteiger partial charge in [-0.05, 0) is 55.2 Å². The van der Waals surface area contributed by atoms with Crippen LogP contribution in [0.2, 0.25) is 0 Å². The van der Waals surface area contributed by atoms with Crippen LogP contribution in [-0.2, 0) is 6.42 Å². The highest BCUT2D eigenvalue weighted by Gasteiger charge is 2.28. The molecule has 0 spiro atoms. The highest BCUT2D eigenvalue weighted by atomic mass is 19.1. The first kappa shape index (κ1) is 16.5. The van der Waals surface area contributed by atoms with E-state index in [9.17, 15) is 9.18 Å². The third kappa shape index (κ3) is 3.67. The molecule has 0 aliphatic heterocycles. The van der Waals surface area contributed by atoms with Gasteiger partial charge in [-0.1, -0.05) is 30.3 Å². The summed E-state index contributed by atoms with van der Waals surface area (Å²) in [6, 6.07) is 17.9. The summed E-state index contributed by atoms with van der Waals surface area (Å²) in [4.78, 5) is 12.7. The number of nitrogens with zero attached hydrogens (tertiary/aromatic N) is 2. The summed E-state index contributed by atoms with van der Waals surface area (Å²) in [6.07, 6.45) is 2.93. The zero-order chi connectivity index (χ0) is 17.9. The molecule has 1 aliphatic rings. The van der Waals surface area contributed by atoms with E-state index in [-0.39, 0.29) is 11.7 Å². The molecule has 0 saturated heterocycles. The Morgan fingerprint density at radius 1 is 1.12 bits per heavy atom. The lowest BCUT2D eigenvalue weighted by Gasteiger charge is -2.08. The number of nitrogens with one attached hydrogen (secondary N) is 1. The first-order valence-corrected chi connectivity index (χ1v) is 8.89. The van der Waals surface area contributed by atoms with Gasteiger partial charge in [-0.25, -0.2) is 9.07 Å². The molecule has 1 heterocycles. The van der Waals surface area contributed by atoms with Crippen molar-refractivity contribution in [1.29, 1.82) is 0 Å². The van der Waals surface area contributed by atoms with Gasteiger partial charge < -0.3 is 5.32 Å². The van der Waals surface area contributed by atoms with Crippen LogP contribution in [0.3, 0.4) is 0 Å². The van der Waals surface area contributed by atoms with Crippen LogP contribution >= 0.6 is 0 Å². The van der Waals surface area contributed by atoms with Crippen LogP contribution in [0.25, 0.3) is 5.69 Å². The van der Waals surface area contributed by atoms with Crippen molar-refractivity contribution in [2.45, 2.75) is 25.2 Å². The van der Waals surface area contributed by atoms with Gasteiger partial charge in [0.2, 0.25) is 0 Å². The van der Waals surface area contributed by atoms with Gasteiger partial charge >= 0.3 is 0 Å². The van der Waals surface area contributed by atoms with Gasteiger partial charge in [0.05, 0.1) is 11.4 Å². The SMILES string of the molecule is O=C(NCCc1ccc(F)cc1)c1cc(C2CC2)nn1-c1ccccc1. The van der Waals surface area contributed by atoms with E-state index >= 15 is 0 Å². The summed E-state index contributed by atoms with van der Waals surface area (Å²) in [6.45, 7) is 0.489. The van der Waals surface area contributed by atoms with Gasteiger partial charge in [0, 0.05) is 12.5 Å². The van der Waals surface area contributed by atoms with Crippen molar-refractivity contribution in [2.24, 2.45) is 0 Å². The zero-order valence-corrected chi connectivity index (χ0v) is 14.4. The largest absolute Gasteiger partial charge is 0.350 e. The number of carbonyl (C=O) groups excluding carboxylic acids is 1. The predicted molar refractivity (Wildman–Crippen MR) is 98.0 cm³/mol. The predicted octanol–water partition coefficient (Wildman–Crippen LogP) is 3.86. The fourth-order valence-corrected chi connectivity index (χ4v) is 2.97. The molecular weight excluding hydrogens is 329 g/mol. The number of para-hydroxylation sites is 1. The van der Waals surface area contributed by atoms with Gasteiger partial charge in [0.15, 0.2) is 0 Å². The molecule has 1 saturated carbocycles. The first-order chi connectivity index (χ1) is 12.7. The summed E-state index contributed by atoms with van der Waals surface area (Å²) in [5.41, 5.74) is 3.40. The maximum absolute atomic E-state index is 13.0. The van der Waals surface area contributed by atoms with Gasteiger partial charge in [0.25, 0.3) is 5.91 Å². The van der Waals surface area contributed by atoms with Crippen LogP contribution in [-0.4, -0.2) is 22.2 Å². The molecular formula is C21H20FN3O. The van der Waals surface area contributed by atoms with Crippen molar-refractivity contribution >= 4 is 5.91 Å². The molecule has 5 heteroatoms. The lowest BCUT2D eigenvalue weighted by Crippen LogP contribution is -2.27. The molecule has 1 aromatic heterocycles. The van der Waals surface area contributed by atoms with E-state index in [2.05, 4.69) is 10.4 Å². The second-order valence-corrected chi connectivity index (χ2v) is 6.61. The summed E-state index contributed by atoms with van der Waals surface area (Å²) in [5.74, 6) is 0.0817. The summed E-state index contributed by atoms with van der Waals surface area (Å²) in [7, 11) is 0. The Bertz CT molecular complexity index is 899. The van der Waals surface area contributed by atoms with Crippen molar-refractivity contribution < 1.29 is 9.18 Å². The summed E-state index contributed by atoms with van der Waals surface area (Å²) < 4.78 is 14.7. The highest BCUT2D eigenvalue weighted by Crippen LogP contribution is 2.39. The minimum atomic E-state index is -0.253. The van der Waals surface area contributed by atoms with E-state index in [1.165, 1.54) is 12.1 Å². The van der Waals surface area contributed by atoms with Crippen molar-refractivity contribution in [3.05, 3.63) is 83.4 Å². The van der Waals surface area contributed by atoms with Gasteiger partial charge in [0.1, 0.15) is 11.5 Å². The van der Waals surface area contributed by atoms with Crippen LogP contribution in [0.1, 0.15) is 40.5 Å². The smallest absolute Gasteiger partial charge is 0.270 e. The average Bonchev–Trinajstić information content (AvgIpc) is 3.42. The Labute approximate surface area is 151 Å². The minimum absolute atomic E-state index is 0.143. The Hall–Kier alpha value is -2.95. The zero-order valence-electron chi connectivity index (χ0n) is 14.4. The molecule has 1 amide bonds. The number of aromatic nitrogens is 2. The van der Waals surface area contributed by atoms with E-state index in [1.54, 1.807) is 16.8 Å². The maximum atomic E-state index is 13.0. The normalized spacial score (nSPS) is 13.6. The van der Waals surface area contributed by atoms with Crippen LogP contribution in [0.5, 0.6) is 0 Å². The number of rotatable bonds is 6. The van der Waals surface area contributed by atoms with E-state index in [0.717, 1.165) is 29.8 Å². The van der Waals surface area contributed by atoms with Gasteiger partial charge in [-0.15, -0.1) is 0 Å². The Kier molecular flexibility index (Phi) is 4.52. The number of carbonyl (C=O) groups is 1. The first-order valence-electron chi connectivity index (χ1n) is 8.89. The van der Waals surface area contributed by atoms with Crippen molar-refractivity contribution in [3.8, 4) is 5.69 Å². The summed E-state index contributed by atoms with van der Waals surface area (Å²) >= 11 is 0. The van der Waals surface area contributed by atoms with Crippen LogP contribution in [0, 0.1) is 5.82 Å². The molecule has 1 N–H and O–H groups in total. The van der Waals surface area contributed by atoms with Gasteiger partial charge in [-0.3, -0.25) is 4.79 Å². The number of hydrogen-bond acceptors (Lipinski definition) is 2. The minimum Gasteiger partial charge on any atom is -0.350 e. The Morgan fingerprint density at radius 3 is 2.54 bits per heavy atom. The number of amides is 1. The number of hydrogen-bond donors (Lipinski definition) is 1.